The van der Waals surface area contributed by atoms with E-state index < -0.39 is 0 Å². The van der Waals surface area contributed by atoms with Gasteiger partial charge in [-0.1, -0.05) is 20.8 Å². The second-order valence-corrected chi connectivity index (χ2v) is 6.55. The fraction of sp³-hybridized carbons (Fsp3) is 1.00. The Morgan fingerprint density at radius 1 is 1.47 bits per heavy atom. The molecular weight excluding hydrogens is 206 g/mol. The van der Waals surface area contributed by atoms with Gasteiger partial charge >= 0.3 is 0 Å². The van der Waals surface area contributed by atoms with Gasteiger partial charge in [0, 0.05) is 17.0 Å². The zero-order valence-electron chi connectivity index (χ0n) is 10.3. The minimum atomic E-state index is 0.306. The molecule has 1 aliphatic carbocycles. The average molecular weight is 231 g/mol. The fourth-order valence-corrected chi connectivity index (χ4v) is 3.84. The van der Waals surface area contributed by atoms with Gasteiger partial charge in [0.1, 0.15) is 0 Å². The first-order valence-corrected chi connectivity index (χ1v) is 7.10. The van der Waals surface area contributed by atoms with E-state index in [9.17, 15) is 0 Å². The van der Waals surface area contributed by atoms with Gasteiger partial charge in [-0.25, -0.2) is 0 Å². The average Bonchev–Trinajstić information content (AvgIpc) is 2.18. The predicted molar refractivity (Wildman–Crippen MR) is 68.4 cm³/mol. The quantitative estimate of drug-likeness (QED) is 0.761. The smallest absolute Gasteiger partial charge is 0.0521 e. The van der Waals surface area contributed by atoms with Gasteiger partial charge in [-0.05, 0) is 31.2 Å². The lowest BCUT2D eigenvalue weighted by molar-refractivity contribution is 0.215. The summed E-state index contributed by atoms with van der Waals surface area (Å²) in [5.74, 6) is 0.878. The molecule has 2 atom stereocenters. The van der Waals surface area contributed by atoms with Crippen LogP contribution in [-0.2, 0) is 0 Å². The number of aliphatic hydroxyl groups is 1. The van der Waals surface area contributed by atoms with E-state index in [0.717, 1.165) is 12.3 Å². The van der Waals surface area contributed by atoms with Gasteiger partial charge in [0.05, 0.1) is 6.61 Å². The van der Waals surface area contributed by atoms with Crippen LogP contribution in [0.2, 0.25) is 0 Å². The minimum absolute atomic E-state index is 0.306. The molecule has 2 N–H and O–H groups in total. The molecular formula is C12H25NOS. The number of hydrogen-bond acceptors (Lipinski definition) is 3. The van der Waals surface area contributed by atoms with E-state index in [-0.39, 0.29) is 0 Å². The van der Waals surface area contributed by atoms with Crippen LogP contribution in [-0.4, -0.2) is 35.3 Å². The maximum Gasteiger partial charge on any atom is 0.0521 e. The lowest BCUT2D eigenvalue weighted by Crippen LogP contribution is -2.44. The lowest BCUT2D eigenvalue weighted by Gasteiger charge is -2.40. The van der Waals surface area contributed by atoms with Gasteiger partial charge in [0.25, 0.3) is 0 Å². The summed E-state index contributed by atoms with van der Waals surface area (Å²) < 4.78 is 0. The first-order valence-electron chi connectivity index (χ1n) is 6.05. The van der Waals surface area contributed by atoms with E-state index >= 15 is 0 Å². The Morgan fingerprint density at radius 2 is 2.20 bits per heavy atom. The van der Waals surface area contributed by atoms with E-state index in [0.29, 0.717) is 23.3 Å². The molecule has 1 rings (SSSR count). The van der Waals surface area contributed by atoms with E-state index in [4.69, 9.17) is 5.11 Å². The number of thioether (sulfide) groups is 1. The Labute approximate surface area is 98.2 Å². The highest BCUT2D eigenvalue weighted by atomic mass is 32.2. The Balaban J connectivity index is 2.48. The normalized spacial score (nSPS) is 30.4. The molecule has 0 heterocycles. The van der Waals surface area contributed by atoms with Crippen molar-refractivity contribution in [2.24, 2.45) is 5.41 Å². The van der Waals surface area contributed by atoms with E-state index in [2.05, 4.69) is 26.1 Å². The van der Waals surface area contributed by atoms with Crippen LogP contribution in [0.5, 0.6) is 0 Å². The van der Waals surface area contributed by atoms with Crippen LogP contribution >= 0.6 is 11.8 Å². The van der Waals surface area contributed by atoms with Crippen molar-refractivity contribution in [1.29, 1.82) is 0 Å². The molecule has 2 unspecified atom stereocenters. The van der Waals surface area contributed by atoms with Crippen LogP contribution in [0.4, 0.5) is 0 Å². The summed E-state index contributed by atoms with van der Waals surface area (Å²) in [7, 11) is 0. The summed E-state index contributed by atoms with van der Waals surface area (Å²) in [6.07, 6.45) is 3.88. The van der Waals surface area contributed by atoms with Crippen molar-refractivity contribution in [3.05, 3.63) is 0 Å². The van der Waals surface area contributed by atoms with Crippen molar-refractivity contribution in [2.75, 3.05) is 18.9 Å². The van der Waals surface area contributed by atoms with Gasteiger partial charge < -0.3 is 10.4 Å². The molecule has 90 valence electrons. The van der Waals surface area contributed by atoms with Crippen LogP contribution in [0.15, 0.2) is 0 Å². The van der Waals surface area contributed by atoms with Crippen molar-refractivity contribution in [2.45, 2.75) is 51.3 Å². The summed E-state index contributed by atoms with van der Waals surface area (Å²) in [4.78, 5) is 0. The largest absolute Gasteiger partial charge is 0.396 e. The number of rotatable bonds is 5. The zero-order valence-corrected chi connectivity index (χ0v) is 11.1. The van der Waals surface area contributed by atoms with Crippen LogP contribution in [0.3, 0.4) is 0 Å². The molecule has 15 heavy (non-hydrogen) atoms. The number of nitrogens with one attached hydrogen (secondary N) is 1. The molecule has 0 amide bonds. The third-order valence-electron chi connectivity index (χ3n) is 3.22. The van der Waals surface area contributed by atoms with E-state index in [1.54, 1.807) is 0 Å². The fourth-order valence-electron chi connectivity index (χ4n) is 2.40. The molecule has 3 heteroatoms. The van der Waals surface area contributed by atoms with E-state index in [1.165, 1.54) is 19.3 Å². The van der Waals surface area contributed by atoms with Gasteiger partial charge in [-0.2, -0.15) is 11.8 Å². The van der Waals surface area contributed by atoms with Gasteiger partial charge in [0.15, 0.2) is 0 Å². The zero-order chi connectivity index (χ0) is 11.3. The predicted octanol–water partition coefficient (Wildman–Crippen LogP) is 2.27. The number of aliphatic hydroxyl groups excluding tert-OH is 1. The molecule has 0 aliphatic heterocycles. The Hall–Kier alpha value is 0.270. The molecule has 0 aromatic carbocycles. The monoisotopic (exact) mass is 231 g/mol. The molecule has 2 nitrogen and oxygen atoms in total. The van der Waals surface area contributed by atoms with Gasteiger partial charge in [0.2, 0.25) is 0 Å². The summed E-state index contributed by atoms with van der Waals surface area (Å²) in [5.41, 5.74) is 0.485. The maximum absolute atomic E-state index is 8.90. The molecule has 0 saturated heterocycles. The topological polar surface area (TPSA) is 32.3 Å². The molecule has 1 saturated carbocycles. The van der Waals surface area contributed by atoms with Crippen molar-refractivity contribution >= 4 is 11.8 Å². The van der Waals surface area contributed by atoms with Crippen molar-refractivity contribution in [3.8, 4) is 0 Å². The highest BCUT2D eigenvalue weighted by molar-refractivity contribution is 7.99. The standard InChI is InChI=1S/C12H25NOS/c1-4-13-10-5-6-12(2,3)9-11(10)15-8-7-14/h10-11,13-14H,4-9H2,1-3H3. The second-order valence-electron chi connectivity index (χ2n) is 5.20. The number of hydrogen-bond donors (Lipinski definition) is 2. The van der Waals surface area contributed by atoms with Crippen molar-refractivity contribution in [1.82, 2.24) is 5.32 Å². The highest BCUT2D eigenvalue weighted by Crippen LogP contribution is 2.40. The third-order valence-corrected chi connectivity index (χ3v) is 4.57. The molecule has 0 radical (unpaired) electrons. The van der Waals surface area contributed by atoms with Gasteiger partial charge in [-0.3, -0.25) is 0 Å². The maximum atomic E-state index is 8.90. The molecule has 0 bridgehead atoms. The van der Waals surface area contributed by atoms with Crippen LogP contribution in [0.25, 0.3) is 0 Å². The SMILES string of the molecule is CCNC1CCC(C)(C)CC1SCCO. The molecule has 1 fully saturated rings. The Morgan fingerprint density at radius 3 is 2.80 bits per heavy atom. The Bertz CT molecular complexity index is 184. The summed E-state index contributed by atoms with van der Waals surface area (Å²) in [6, 6.07) is 0.652. The first-order chi connectivity index (χ1) is 7.09. The van der Waals surface area contributed by atoms with Crippen molar-refractivity contribution < 1.29 is 5.11 Å². The lowest BCUT2D eigenvalue weighted by atomic mass is 9.75. The van der Waals surface area contributed by atoms with Gasteiger partial charge in [-0.15, -0.1) is 0 Å². The molecule has 0 aromatic heterocycles. The van der Waals surface area contributed by atoms with Crippen molar-refractivity contribution in [3.63, 3.8) is 0 Å². The highest BCUT2D eigenvalue weighted by Gasteiger charge is 2.34. The van der Waals surface area contributed by atoms with Crippen LogP contribution < -0.4 is 5.32 Å². The summed E-state index contributed by atoms with van der Waals surface area (Å²) >= 11 is 1.94. The van der Waals surface area contributed by atoms with E-state index in [1.807, 2.05) is 11.8 Å². The molecule has 1 aliphatic rings. The van der Waals surface area contributed by atoms with Crippen LogP contribution in [0.1, 0.15) is 40.0 Å². The third kappa shape index (κ3) is 4.33. The Kier molecular flexibility index (Phi) is 5.44. The van der Waals surface area contributed by atoms with Crippen LogP contribution in [0, 0.1) is 5.41 Å². The minimum Gasteiger partial charge on any atom is -0.396 e. The summed E-state index contributed by atoms with van der Waals surface area (Å²) in [5, 5.41) is 13.2. The molecule has 0 spiro atoms. The second kappa shape index (κ2) is 6.12. The first kappa shape index (κ1) is 13.3. The molecule has 0 aromatic rings. The summed E-state index contributed by atoms with van der Waals surface area (Å²) in [6.45, 7) is 8.26.